The first-order chi connectivity index (χ1) is 13.5. The molecule has 1 fully saturated rings. The van der Waals surface area contributed by atoms with E-state index in [1.807, 2.05) is 30.3 Å². The Kier molecular flexibility index (Phi) is 5.11. The minimum Gasteiger partial charge on any atom is -0.352 e. The summed E-state index contributed by atoms with van der Waals surface area (Å²) in [6.07, 6.45) is 0. The first kappa shape index (κ1) is 18.6. The highest BCUT2D eigenvalue weighted by atomic mass is 32.2. The molecule has 1 aliphatic heterocycles. The van der Waals surface area contributed by atoms with E-state index in [1.165, 1.54) is 9.87 Å². The summed E-state index contributed by atoms with van der Waals surface area (Å²) in [6, 6.07) is 20.7. The van der Waals surface area contributed by atoms with Gasteiger partial charge in [0, 0.05) is 31.7 Å². The number of benzene rings is 2. The molecule has 2 aromatic carbocycles. The van der Waals surface area contributed by atoms with Gasteiger partial charge in [-0.2, -0.15) is 4.31 Å². The monoisotopic (exact) mass is 394 g/mol. The molecule has 0 atom stereocenters. The lowest BCUT2D eigenvalue weighted by atomic mass is 10.1. The van der Waals surface area contributed by atoms with Crippen molar-refractivity contribution in [1.29, 1.82) is 0 Å². The molecule has 144 valence electrons. The highest BCUT2D eigenvalue weighted by Gasteiger charge is 2.28. The largest absolute Gasteiger partial charge is 0.352 e. The van der Waals surface area contributed by atoms with Crippen LogP contribution in [0.15, 0.2) is 71.6 Å². The molecule has 0 bridgehead atoms. The molecule has 0 N–H and O–H groups in total. The van der Waals surface area contributed by atoms with Crippen molar-refractivity contribution in [1.82, 2.24) is 14.5 Å². The maximum atomic E-state index is 12.7. The topological polar surface area (TPSA) is 66.4 Å². The van der Waals surface area contributed by atoms with E-state index < -0.39 is 10.0 Å². The van der Waals surface area contributed by atoms with Gasteiger partial charge in [-0.1, -0.05) is 48.0 Å². The molecule has 0 aliphatic carbocycles. The van der Waals surface area contributed by atoms with Gasteiger partial charge in [0.05, 0.1) is 10.6 Å². The van der Waals surface area contributed by atoms with Crippen LogP contribution in [0.2, 0.25) is 0 Å². The number of piperazine rings is 1. The lowest BCUT2D eigenvalue weighted by Crippen LogP contribution is -2.48. The average Bonchev–Trinajstić information content (AvgIpc) is 2.75. The fourth-order valence-corrected chi connectivity index (χ4v) is 4.71. The second kappa shape index (κ2) is 7.69. The van der Waals surface area contributed by atoms with Crippen molar-refractivity contribution >= 4 is 15.8 Å². The number of nitrogens with zero attached hydrogens (tertiary/aromatic N) is 4. The van der Waals surface area contributed by atoms with Crippen molar-refractivity contribution in [3.63, 3.8) is 0 Å². The third kappa shape index (κ3) is 3.76. The Balaban J connectivity index is 1.43. The van der Waals surface area contributed by atoms with E-state index in [1.54, 1.807) is 24.3 Å². The summed E-state index contributed by atoms with van der Waals surface area (Å²) < 4.78 is 27.0. The number of hydrogen-bond acceptors (Lipinski definition) is 5. The quantitative estimate of drug-likeness (QED) is 0.681. The van der Waals surface area contributed by atoms with Gasteiger partial charge >= 0.3 is 0 Å². The Morgan fingerprint density at radius 2 is 1.46 bits per heavy atom. The molecule has 1 aliphatic rings. The third-order valence-corrected chi connectivity index (χ3v) is 6.85. The van der Waals surface area contributed by atoms with Crippen LogP contribution in [0, 0.1) is 6.92 Å². The molecule has 4 rings (SSSR count). The first-order valence-corrected chi connectivity index (χ1v) is 10.7. The maximum Gasteiger partial charge on any atom is 0.243 e. The minimum absolute atomic E-state index is 0.339. The molecule has 0 spiro atoms. The molecule has 7 heteroatoms. The molecule has 1 aromatic heterocycles. The summed E-state index contributed by atoms with van der Waals surface area (Å²) >= 11 is 0. The number of aryl methyl sites for hydroxylation is 1. The van der Waals surface area contributed by atoms with Gasteiger partial charge in [0.25, 0.3) is 0 Å². The number of aromatic nitrogens is 2. The third-order valence-electron chi connectivity index (χ3n) is 4.94. The molecule has 28 heavy (non-hydrogen) atoms. The van der Waals surface area contributed by atoms with E-state index in [0.29, 0.717) is 31.1 Å². The molecular weight excluding hydrogens is 372 g/mol. The van der Waals surface area contributed by atoms with E-state index in [4.69, 9.17) is 0 Å². The minimum atomic E-state index is -3.44. The highest BCUT2D eigenvalue weighted by Crippen LogP contribution is 2.22. The van der Waals surface area contributed by atoms with Gasteiger partial charge in [-0.3, -0.25) is 0 Å². The predicted octanol–water partition coefficient (Wildman–Crippen LogP) is 2.96. The Hall–Kier alpha value is -2.77. The van der Waals surface area contributed by atoms with E-state index in [-0.39, 0.29) is 0 Å². The zero-order valence-corrected chi connectivity index (χ0v) is 16.5. The summed E-state index contributed by atoms with van der Waals surface area (Å²) in [5.74, 6) is 0.771. The molecule has 0 radical (unpaired) electrons. The van der Waals surface area contributed by atoms with Crippen molar-refractivity contribution < 1.29 is 8.42 Å². The average molecular weight is 395 g/mol. The van der Waals surface area contributed by atoms with Crippen LogP contribution in [-0.2, 0) is 10.0 Å². The number of hydrogen-bond donors (Lipinski definition) is 0. The van der Waals surface area contributed by atoms with Gasteiger partial charge in [0.1, 0.15) is 0 Å². The predicted molar refractivity (Wildman–Crippen MR) is 110 cm³/mol. The standard InChI is InChI=1S/C21H22N4O2S/c1-17-7-9-18(10-8-17)20-11-12-21(23-22-20)24-13-15-25(16-14-24)28(26,27)19-5-3-2-4-6-19/h2-12H,13-16H2,1H3. The normalized spacial score (nSPS) is 15.5. The fourth-order valence-electron chi connectivity index (χ4n) is 3.27. The number of rotatable bonds is 4. The van der Waals surface area contributed by atoms with Gasteiger partial charge in [-0.05, 0) is 31.2 Å². The van der Waals surface area contributed by atoms with Crippen LogP contribution in [0.25, 0.3) is 11.3 Å². The Morgan fingerprint density at radius 1 is 0.786 bits per heavy atom. The van der Waals surface area contributed by atoms with Crippen LogP contribution in [0.3, 0.4) is 0 Å². The van der Waals surface area contributed by atoms with Crippen LogP contribution in [0.1, 0.15) is 5.56 Å². The Morgan fingerprint density at radius 3 is 2.07 bits per heavy atom. The number of anilines is 1. The summed E-state index contributed by atoms with van der Waals surface area (Å²) in [5, 5.41) is 8.70. The summed E-state index contributed by atoms with van der Waals surface area (Å²) in [4.78, 5) is 2.41. The lowest BCUT2D eigenvalue weighted by Gasteiger charge is -2.34. The van der Waals surface area contributed by atoms with E-state index in [2.05, 4.69) is 34.2 Å². The van der Waals surface area contributed by atoms with Crippen molar-refractivity contribution in [3.05, 3.63) is 72.3 Å². The molecule has 0 amide bonds. The number of sulfonamides is 1. The zero-order valence-electron chi connectivity index (χ0n) is 15.7. The molecule has 1 saturated heterocycles. The van der Waals surface area contributed by atoms with Crippen LogP contribution >= 0.6 is 0 Å². The van der Waals surface area contributed by atoms with Crippen LogP contribution in [-0.4, -0.2) is 49.1 Å². The van der Waals surface area contributed by atoms with Crippen molar-refractivity contribution in [2.24, 2.45) is 0 Å². The van der Waals surface area contributed by atoms with Crippen molar-refractivity contribution in [3.8, 4) is 11.3 Å². The lowest BCUT2D eigenvalue weighted by molar-refractivity contribution is 0.383. The molecular formula is C21H22N4O2S. The van der Waals surface area contributed by atoms with E-state index >= 15 is 0 Å². The smallest absolute Gasteiger partial charge is 0.243 e. The summed E-state index contributed by atoms with van der Waals surface area (Å²) in [6.45, 7) is 4.09. The molecule has 3 aromatic rings. The van der Waals surface area contributed by atoms with Gasteiger partial charge in [0.15, 0.2) is 5.82 Å². The van der Waals surface area contributed by atoms with Crippen LogP contribution < -0.4 is 4.90 Å². The molecule has 2 heterocycles. The van der Waals surface area contributed by atoms with Crippen LogP contribution in [0.4, 0.5) is 5.82 Å². The van der Waals surface area contributed by atoms with Gasteiger partial charge in [-0.15, -0.1) is 10.2 Å². The second-order valence-corrected chi connectivity index (χ2v) is 8.78. The van der Waals surface area contributed by atoms with E-state index in [9.17, 15) is 8.42 Å². The molecule has 0 saturated carbocycles. The van der Waals surface area contributed by atoms with Crippen LogP contribution in [0.5, 0.6) is 0 Å². The highest BCUT2D eigenvalue weighted by molar-refractivity contribution is 7.89. The van der Waals surface area contributed by atoms with Gasteiger partial charge in [-0.25, -0.2) is 8.42 Å². The van der Waals surface area contributed by atoms with Crippen molar-refractivity contribution in [2.75, 3.05) is 31.1 Å². The second-order valence-electron chi connectivity index (χ2n) is 6.85. The molecule has 0 unspecified atom stereocenters. The first-order valence-electron chi connectivity index (χ1n) is 9.25. The molecule has 6 nitrogen and oxygen atoms in total. The summed E-state index contributed by atoms with van der Waals surface area (Å²) in [5.41, 5.74) is 3.06. The van der Waals surface area contributed by atoms with Crippen molar-refractivity contribution in [2.45, 2.75) is 11.8 Å². The zero-order chi connectivity index (χ0) is 19.6. The van der Waals surface area contributed by atoms with E-state index in [0.717, 1.165) is 17.1 Å². The summed E-state index contributed by atoms with van der Waals surface area (Å²) in [7, 11) is -3.44. The SMILES string of the molecule is Cc1ccc(-c2ccc(N3CCN(S(=O)(=O)c4ccccc4)CC3)nn2)cc1. The Labute approximate surface area is 165 Å². The fraction of sp³-hybridized carbons (Fsp3) is 0.238. The van der Waals surface area contributed by atoms with Gasteiger partial charge < -0.3 is 4.90 Å². The Bertz CT molecular complexity index is 1030. The maximum absolute atomic E-state index is 12.7. The van der Waals surface area contributed by atoms with Gasteiger partial charge in [0.2, 0.25) is 10.0 Å².